The summed E-state index contributed by atoms with van der Waals surface area (Å²) in [6.07, 6.45) is 1.63. The quantitative estimate of drug-likeness (QED) is 0.588. The fourth-order valence-corrected chi connectivity index (χ4v) is 3.94. The first-order chi connectivity index (χ1) is 13.4. The lowest BCUT2D eigenvalue weighted by Gasteiger charge is -2.10. The summed E-state index contributed by atoms with van der Waals surface area (Å²) >= 11 is 7.46. The number of primary amides is 1. The number of pyridine rings is 1. The van der Waals surface area contributed by atoms with Gasteiger partial charge < -0.3 is 15.6 Å². The molecule has 28 heavy (non-hydrogen) atoms. The lowest BCUT2D eigenvalue weighted by Crippen LogP contribution is -2.15. The SMILES string of the molecule is Cc1noc(C)c1CSc1ncccc1C(=O)Nc1ccc(C(N)=O)c(Cl)c1. The zero-order valence-corrected chi connectivity index (χ0v) is 16.7. The summed E-state index contributed by atoms with van der Waals surface area (Å²) in [5.74, 6) is 0.360. The predicted octanol–water partition coefficient (Wildman–Crippen LogP) is 3.98. The van der Waals surface area contributed by atoms with Crippen molar-refractivity contribution in [2.24, 2.45) is 5.73 Å². The van der Waals surface area contributed by atoms with Crippen molar-refractivity contribution >= 4 is 40.9 Å². The summed E-state index contributed by atoms with van der Waals surface area (Å²) < 4.78 is 5.17. The van der Waals surface area contributed by atoms with E-state index in [-0.39, 0.29) is 16.5 Å². The van der Waals surface area contributed by atoms with E-state index in [0.29, 0.717) is 22.0 Å². The summed E-state index contributed by atoms with van der Waals surface area (Å²) in [5, 5.41) is 7.45. The molecule has 7 nitrogen and oxygen atoms in total. The molecule has 3 N–H and O–H groups in total. The molecule has 9 heteroatoms. The number of hydrogen-bond donors (Lipinski definition) is 2. The van der Waals surface area contributed by atoms with E-state index in [0.717, 1.165) is 17.0 Å². The number of thioether (sulfide) groups is 1. The number of aryl methyl sites for hydroxylation is 2. The molecule has 0 bridgehead atoms. The van der Waals surface area contributed by atoms with E-state index >= 15 is 0 Å². The molecule has 0 radical (unpaired) electrons. The van der Waals surface area contributed by atoms with Crippen molar-refractivity contribution in [2.45, 2.75) is 24.6 Å². The Morgan fingerprint density at radius 1 is 1.25 bits per heavy atom. The van der Waals surface area contributed by atoms with Crippen molar-refractivity contribution in [3.8, 4) is 0 Å². The zero-order valence-electron chi connectivity index (χ0n) is 15.2. The Hall–Kier alpha value is -2.84. The van der Waals surface area contributed by atoms with Crippen LogP contribution >= 0.6 is 23.4 Å². The van der Waals surface area contributed by atoms with Crippen LogP contribution in [0.5, 0.6) is 0 Å². The van der Waals surface area contributed by atoms with Crippen molar-refractivity contribution < 1.29 is 14.1 Å². The van der Waals surface area contributed by atoms with Crippen molar-refractivity contribution in [3.05, 3.63) is 69.7 Å². The van der Waals surface area contributed by atoms with E-state index in [1.165, 1.54) is 23.9 Å². The van der Waals surface area contributed by atoms with Gasteiger partial charge in [0.25, 0.3) is 5.91 Å². The Kier molecular flexibility index (Phi) is 6.01. The number of hydrogen-bond acceptors (Lipinski definition) is 6. The zero-order chi connectivity index (χ0) is 20.3. The smallest absolute Gasteiger partial charge is 0.258 e. The number of nitrogens with zero attached hydrogens (tertiary/aromatic N) is 2. The molecule has 3 rings (SSSR count). The highest BCUT2D eigenvalue weighted by molar-refractivity contribution is 7.98. The fraction of sp³-hybridized carbons (Fsp3) is 0.158. The molecule has 0 aliphatic rings. The average Bonchev–Trinajstić information content (AvgIpc) is 2.98. The maximum absolute atomic E-state index is 12.7. The Morgan fingerprint density at radius 3 is 2.68 bits per heavy atom. The van der Waals surface area contributed by atoms with Crippen molar-refractivity contribution in [3.63, 3.8) is 0 Å². The van der Waals surface area contributed by atoms with Gasteiger partial charge in [-0.2, -0.15) is 0 Å². The van der Waals surface area contributed by atoms with Crippen LogP contribution in [0.15, 0.2) is 46.1 Å². The van der Waals surface area contributed by atoms with E-state index < -0.39 is 5.91 Å². The van der Waals surface area contributed by atoms with Crippen LogP contribution in [0, 0.1) is 13.8 Å². The van der Waals surface area contributed by atoms with Crippen molar-refractivity contribution in [2.75, 3.05) is 5.32 Å². The van der Waals surface area contributed by atoms with Gasteiger partial charge in [-0.05, 0) is 44.2 Å². The number of nitrogens with two attached hydrogens (primary N) is 1. The van der Waals surface area contributed by atoms with Crippen LogP contribution in [-0.2, 0) is 5.75 Å². The molecule has 2 amide bonds. The topological polar surface area (TPSA) is 111 Å². The number of aromatic nitrogens is 2. The largest absolute Gasteiger partial charge is 0.366 e. The van der Waals surface area contributed by atoms with Gasteiger partial charge in [-0.15, -0.1) is 11.8 Å². The number of benzene rings is 1. The van der Waals surface area contributed by atoms with Crippen molar-refractivity contribution in [1.82, 2.24) is 10.1 Å². The van der Waals surface area contributed by atoms with E-state index in [4.69, 9.17) is 21.9 Å². The average molecular weight is 417 g/mol. The fourth-order valence-electron chi connectivity index (χ4n) is 2.52. The first-order valence-corrected chi connectivity index (χ1v) is 9.63. The maximum atomic E-state index is 12.7. The van der Waals surface area contributed by atoms with Crippen LogP contribution in [0.4, 0.5) is 5.69 Å². The third-order valence-corrected chi connectivity index (χ3v) is 5.39. The normalized spacial score (nSPS) is 10.7. The highest BCUT2D eigenvalue weighted by Gasteiger charge is 2.16. The highest BCUT2D eigenvalue weighted by atomic mass is 35.5. The Balaban J connectivity index is 1.77. The third-order valence-electron chi connectivity index (χ3n) is 4.04. The molecule has 2 heterocycles. The van der Waals surface area contributed by atoms with Crippen LogP contribution in [0.1, 0.15) is 37.7 Å². The van der Waals surface area contributed by atoms with Crippen molar-refractivity contribution in [1.29, 1.82) is 0 Å². The molecule has 0 aliphatic carbocycles. The lowest BCUT2D eigenvalue weighted by molar-refractivity contribution is 0.0998. The molecule has 2 aromatic heterocycles. The molecule has 0 fully saturated rings. The number of anilines is 1. The van der Waals surface area contributed by atoms with Gasteiger partial charge in [0.2, 0.25) is 5.91 Å². The Labute approximate surface area is 170 Å². The predicted molar refractivity (Wildman–Crippen MR) is 108 cm³/mol. The Bertz CT molecular complexity index is 1030. The summed E-state index contributed by atoms with van der Waals surface area (Å²) in [6, 6.07) is 7.90. The van der Waals surface area contributed by atoms with Crippen LogP contribution in [-0.4, -0.2) is 22.0 Å². The minimum absolute atomic E-state index is 0.171. The first kappa shape index (κ1) is 19.9. The molecule has 0 unspecified atom stereocenters. The number of halogens is 1. The number of amides is 2. The van der Waals surface area contributed by atoms with Gasteiger partial charge in [0.15, 0.2) is 0 Å². The van der Waals surface area contributed by atoms with Gasteiger partial charge in [-0.1, -0.05) is 16.8 Å². The Morgan fingerprint density at radius 2 is 2.04 bits per heavy atom. The summed E-state index contributed by atoms with van der Waals surface area (Å²) in [4.78, 5) is 28.3. The van der Waals surface area contributed by atoms with E-state index in [1.54, 1.807) is 24.4 Å². The van der Waals surface area contributed by atoms with Gasteiger partial charge in [0.1, 0.15) is 10.8 Å². The monoisotopic (exact) mass is 416 g/mol. The molecule has 3 aromatic rings. The second-order valence-corrected chi connectivity index (χ2v) is 7.33. The van der Waals surface area contributed by atoms with E-state index in [2.05, 4.69) is 15.5 Å². The third kappa shape index (κ3) is 4.35. The molecule has 0 aliphatic heterocycles. The van der Waals surface area contributed by atoms with E-state index in [9.17, 15) is 9.59 Å². The highest BCUT2D eigenvalue weighted by Crippen LogP contribution is 2.28. The molecule has 144 valence electrons. The maximum Gasteiger partial charge on any atom is 0.258 e. The second kappa shape index (κ2) is 8.45. The summed E-state index contributed by atoms with van der Waals surface area (Å²) in [5.41, 5.74) is 8.10. The molecular formula is C19H17ClN4O3S. The minimum Gasteiger partial charge on any atom is -0.366 e. The molecule has 0 spiro atoms. The molecule has 0 atom stereocenters. The van der Waals surface area contributed by atoms with Crippen LogP contribution in [0.2, 0.25) is 5.02 Å². The second-order valence-electron chi connectivity index (χ2n) is 5.96. The lowest BCUT2D eigenvalue weighted by atomic mass is 10.2. The van der Waals surface area contributed by atoms with Gasteiger partial charge in [-0.25, -0.2) is 4.98 Å². The molecule has 0 saturated heterocycles. The number of rotatable bonds is 6. The number of carbonyl (C=O) groups excluding carboxylic acids is 2. The standard InChI is InChI=1S/C19H17ClN4O3S/c1-10-15(11(2)27-24-10)9-28-19-14(4-3-7-22-19)18(26)23-12-5-6-13(17(21)25)16(20)8-12/h3-8H,9H2,1-2H3,(H2,21,25)(H,23,26). The summed E-state index contributed by atoms with van der Waals surface area (Å²) in [6.45, 7) is 3.72. The first-order valence-electron chi connectivity index (χ1n) is 8.27. The van der Waals surface area contributed by atoms with Gasteiger partial charge in [-0.3, -0.25) is 9.59 Å². The minimum atomic E-state index is -0.631. The van der Waals surface area contributed by atoms with Gasteiger partial charge in [0, 0.05) is 23.2 Å². The van der Waals surface area contributed by atoms with Crippen LogP contribution in [0.25, 0.3) is 0 Å². The molecule has 1 aromatic carbocycles. The molecular weight excluding hydrogens is 400 g/mol. The number of carbonyl (C=O) groups is 2. The van der Waals surface area contributed by atoms with Crippen LogP contribution < -0.4 is 11.1 Å². The molecule has 0 saturated carbocycles. The van der Waals surface area contributed by atoms with Crippen LogP contribution in [0.3, 0.4) is 0 Å². The number of nitrogens with one attached hydrogen (secondary N) is 1. The van der Waals surface area contributed by atoms with E-state index in [1.807, 2.05) is 13.8 Å². The summed E-state index contributed by atoms with van der Waals surface area (Å²) in [7, 11) is 0. The van der Waals surface area contributed by atoms with Gasteiger partial charge >= 0.3 is 0 Å². The van der Waals surface area contributed by atoms with Gasteiger partial charge in [0.05, 0.1) is 21.8 Å².